The highest BCUT2D eigenvalue weighted by molar-refractivity contribution is 5.85. The van der Waals surface area contributed by atoms with Gasteiger partial charge in [0.05, 0.1) is 5.70 Å². The van der Waals surface area contributed by atoms with Gasteiger partial charge in [0.1, 0.15) is 30.0 Å². The van der Waals surface area contributed by atoms with Crippen LogP contribution < -0.4 is 10.1 Å². The van der Waals surface area contributed by atoms with E-state index in [1.807, 2.05) is 48.1 Å². The second-order valence-electron chi connectivity index (χ2n) is 7.72. The first kappa shape index (κ1) is 17.8. The second kappa shape index (κ2) is 6.77. The van der Waals surface area contributed by atoms with Crippen LogP contribution in [0.15, 0.2) is 78.9 Å². The van der Waals surface area contributed by atoms with Crippen LogP contribution in [0.5, 0.6) is 5.75 Å². The number of halogens is 1. The first-order valence-corrected chi connectivity index (χ1v) is 10.0. The number of hydrogen-bond acceptors (Lipinski definition) is 5. The number of anilines is 1. The third-order valence-electron chi connectivity index (χ3n) is 5.72. The number of aryl methyl sites for hydroxylation is 1. The molecule has 0 spiro atoms. The molecule has 0 fully saturated rings. The molecule has 0 bridgehead atoms. The minimum Gasteiger partial charge on any atom is -0.480 e. The van der Waals surface area contributed by atoms with E-state index in [9.17, 15) is 4.39 Å². The lowest BCUT2D eigenvalue weighted by Gasteiger charge is -2.39. The van der Waals surface area contributed by atoms with E-state index in [2.05, 4.69) is 26.4 Å². The summed E-state index contributed by atoms with van der Waals surface area (Å²) in [5.41, 5.74) is 5.60. The van der Waals surface area contributed by atoms with Gasteiger partial charge in [0.25, 0.3) is 0 Å². The number of nitrogens with zero attached hydrogens (tertiary/aromatic N) is 4. The molecule has 31 heavy (non-hydrogen) atoms. The molecule has 0 saturated carbocycles. The first-order chi connectivity index (χ1) is 15.2. The molecule has 7 heteroatoms. The summed E-state index contributed by atoms with van der Waals surface area (Å²) in [5.74, 6) is 1.07. The van der Waals surface area contributed by atoms with Crippen molar-refractivity contribution >= 4 is 11.6 Å². The molecule has 2 atom stereocenters. The Balaban J connectivity index is 1.65. The topological polar surface area (TPSA) is 64.9 Å². The number of pyridine rings is 1. The molecule has 2 unspecified atom stereocenters. The van der Waals surface area contributed by atoms with Gasteiger partial charge in [-0.3, -0.25) is 4.98 Å². The van der Waals surface area contributed by atoms with Gasteiger partial charge >= 0.3 is 0 Å². The van der Waals surface area contributed by atoms with Crippen LogP contribution in [0.3, 0.4) is 0 Å². The maximum absolute atomic E-state index is 14.2. The van der Waals surface area contributed by atoms with Crippen LogP contribution in [-0.4, -0.2) is 19.7 Å². The summed E-state index contributed by atoms with van der Waals surface area (Å²) in [6, 6.07) is 16.2. The van der Waals surface area contributed by atoms with Crippen LogP contribution in [0.4, 0.5) is 10.3 Å². The van der Waals surface area contributed by atoms with E-state index >= 15 is 0 Å². The van der Waals surface area contributed by atoms with Crippen LogP contribution in [0.1, 0.15) is 34.4 Å². The Bertz CT molecular complexity index is 1330. The third-order valence-corrected chi connectivity index (χ3v) is 5.72. The van der Waals surface area contributed by atoms with Crippen molar-refractivity contribution in [3.8, 4) is 5.75 Å². The summed E-state index contributed by atoms with van der Waals surface area (Å²) in [7, 11) is 0. The molecule has 0 amide bonds. The van der Waals surface area contributed by atoms with E-state index in [0.29, 0.717) is 5.95 Å². The molecule has 0 aliphatic carbocycles. The maximum Gasteiger partial charge on any atom is 0.226 e. The molecule has 2 aromatic carbocycles. The van der Waals surface area contributed by atoms with Gasteiger partial charge in [-0.1, -0.05) is 29.8 Å². The number of aromatic nitrogens is 4. The maximum atomic E-state index is 14.2. The number of benzene rings is 2. The first-order valence-electron chi connectivity index (χ1n) is 10.0. The fourth-order valence-corrected chi connectivity index (χ4v) is 4.39. The summed E-state index contributed by atoms with van der Waals surface area (Å²) in [5, 5.41) is 7.93. The predicted molar refractivity (Wildman–Crippen MR) is 114 cm³/mol. The van der Waals surface area contributed by atoms with Crippen LogP contribution in [0.25, 0.3) is 5.70 Å². The average Bonchev–Trinajstić information content (AvgIpc) is 3.26. The van der Waals surface area contributed by atoms with Crippen LogP contribution >= 0.6 is 0 Å². The van der Waals surface area contributed by atoms with Gasteiger partial charge < -0.3 is 10.1 Å². The predicted octanol–water partition coefficient (Wildman–Crippen LogP) is 4.68. The molecule has 6 nitrogen and oxygen atoms in total. The highest BCUT2D eigenvalue weighted by atomic mass is 19.1. The zero-order valence-electron chi connectivity index (χ0n) is 16.7. The van der Waals surface area contributed by atoms with E-state index in [-0.39, 0.29) is 11.9 Å². The molecule has 6 rings (SSSR count). The molecule has 2 aliphatic rings. The smallest absolute Gasteiger partial charge is 0.226 e. The summed E-state index contributed by atoms with van der Waals surface area (Å²) in [6.45, 7) is 2.04. The number of fused-ring (bicyclic) bond motifs is 3. The van der Waals surface area contributed by atoms with Crippen LogP contribution in [0.2, 0.25) is 0 Å². The fourth-order valence-electron chi connectivity index (χ4n) is 4.39. The second-order valence-corrected chi connectivity index (χ2v) is 7.72. The summed E-state index contributed by atoms with van der Waals surface area (Å²) in [6.07, 6.45) is 4.58. The molecule has 152 valence electrons. The molecule has 0 saturated heterocycles. The van der Waals surface area contributed by atoms with Crippen molar-refractivity contribution in [3.63, 3.8) is 0 Å². The van der Waals surface area contributed by atoms with Gasteiger partial charge in [-0.15, -0.1) is 0 Å². The molecule has 2 aliphatic heterocycles. The monoisotopic (exact) mass is 411 g/mol. The Hall–Kier alpha value is -4.00. The highest BCUT2D eigenvalue weighted by Crippen LogP contribution is 2.50. The fraction of sp³-hybridized carbons (Fsp3) is 0.125. The van der Waals surface area contributed by atoms with E-state index in [1.54, 1.807) is 12.3 Å². The lowest BCUT2D eigenvalue weighted by atomic mass is 9.85. The summed E-state index contributed by atoms with van der Waals surface area (Å²) in [4.78, 5) is 8.74. The number of hydrogen-bond donors (Lipinski definition) is 1. The minimum atomic E-state index is -0.504. The van der Waals surface area contributed by atoms with E-state index in [0.717, 1.165) is 39.3 Å². The molecule has 0 radical (unpaired) electrons. The molecular weight excluding hydrogens is 393 g/mol. The number of nitrogens with one attached hydrogen (secondary N) is 1. The van der Waals surface area contributed by atoms with Crippen molar-refractivity contribution < 1.29 is 9.13 Å². The summed E-state index contributed by atoms with van der Waals surface area (Å²) >= 11 is 0. The Morgan fingerprint density at radius 1 is 1.06 bits per heavy atom. The lowest BCUT2D eigenvalue weighted by Crippen LogP contribution is -2.32. The van der Waals surface area contributed by atoms with E-state index < -0.39 is 6.10 Å². The summed E-state index contributed by atoms with van der Waals surface area (Å²) < 4.78 is 22.5. The zero-order valence-corrected chi connectivity index (χ0v) is 16.7. The SMILES string of the molecule is Cc1ccc2c(c1)C1=C(C(c3cccc(F)c3)O2)C(c2cccnc2)n2ncnc2N1. The Morgan fingerprint density at radius 3 is 2.81 bits per heavy atom. The Kier molecular flexibility index (Phi) is 3.89. The van der Waals surface area contributed by atoms with Crippen molar-refractivity contribution in [2.75, 3.05) is 5.32 Å². The number of ether oxygens (including phenoxy) is 1. The van der Waals surface area contributed by atoms with Gasteiger partial charge in [0.2, 0.25) is 5.95 Å². The molecular formula is C24H18FN5O. The van der Waals surface area contributed by atoms with E-state index in [4.69, 9.17) is 4.74 Å². The lowest BCUT2D eigenvalue weighted by molar-refractivity contribution is 0.222. The standard InChI is InChI=1S/C24H18FN5O/c1-14-7-8-19-18(10-14)21-20(23(31-19)15-4-2-6-17(25)11-15)22(16-5-3-9-26-12-16)30-24(29-21)27-13-28-30/h2-13,22-23H,1H3,(H,27,28,29). The average molecular weight is 411 g/mol. The van der Waals surface area contributed by atoms with Crippen LogP contribution in [0, 0.1) is 12.7 Å². The third kappa shape index (κ3) is 2.81. The van der Waals surface area contributed by atoms with Crippen molar-refractivity contribution in [1.29, 1.82) is 0 Å². The van der Waals surface area contributed by atoms with Gasteiger partial charge in [-0.05, 0) is 48.4 Å². The van der Waals surface area contributed by atoms with Crippen molar-refractivity contribution in [2.45, 2.75) is 19.1 Å². The normalized spacial score (nSPS) is 19.0. The minimum absolute atomic E-state index is 0.302. The highest BCUT2D eigenvalue weighted by Gasteiger charge is 2.41. The van der Waals surface area contributed by atoms with Crippen molar-refractivity contribution in [2.24, 2.45) is 0 Å². The number of rotatable bonds is 2. The quantitative estimate of drug-likeness (QED) is 0.519. The van der Waals surface area contributed by atoms with Gasteiger partial charge in [-0.25, -0.2) is 9.07 Å². The molecule has 4 heterocycles. The van der Waals surface area contributed by atoms with E-state index in [1.165, 1.54) is 18.5 Å². The zero-order chi connectivity index (χ0) is 20.9. The molecule has 4 aromatic rings. The molecule has 1 N–H and O–H groups in total. The van der Waals surface area contributed by atoms with Crippen LogP contribution in [-0.2, 0) is 0 Å². The Morgan fingerprint density at radius 2 is 1.97 bits per heavy atom. The largest absolute Gasteiger partial charge is 0.480 e. The Labute approximate surface area is 178 Å². The van der Waals surface area contributed by atoms with Gasteiger partial charge in [0, 0.05) is 23.5 Å². The van der Waals surface area contributed by atoms with Gasteiger partial charge in [0.15, 0.2) is 0 Å². The van der Waals surface area contributed by atoms with Crippen molar-refractivity contribution in [3.05, 3.63) is 107 Å². The molecule has 2 aromatic heterocycles. The van der Waals surface area contributed by atoms with Gasteiger partial charge in [-0.2, -0.15) is 10.1 Å². The van der Waals surface area contributed by atoms with Crippen molar-refractivity contribution in [1.82, 2.24) is 19.7 Å².